The minimum atomic E-state index is -3.61. The van der Waals surface area contributed by atoms with E-state index in [9.17, 15) is 8.42 Å². The van der Waals surface area contributed by atoms with Gasteiger partial charge in [0.1, 0.15) is 4.90 Å². The normalized spacial score (nSPS) is 20.9. The molecule has 7 heteroatoms. The highest BCUT2D eigenvalue weighted by Gasteiger charge is 2.34. The van der Waals surface area contributed by atoms with Crippen LogP contribution >= 0.6 is 39.1 Å². The quantitative estimate of drug-likeness (QED) is 0.781. The van der Waals surface area contributed by atoms with Gasteiger partial charge in [0, 0.05) is 17.6 Å². The second-order valence-corrected chi connectivity index (χ2v) is 8.23. The Morgan fingerprint density at radius 3 is 2.42 bits per heavy atom. The van der Waals surface area contributed by atoms with E-state index >= 15 is 0 Å². The van der Waals surface area contributed by atoms with Crippen molar-refractivity contribution >= 4 is 49.2 Å². The monoisotopic (exact) mass is 385 g/mol. The Hall–Kier alpha value is 0.190. The van der Waals surface area contributed by atoms with Gasteiger partial charge in [-0.1, -0.05) is 52.5 Å². The second kappa shape index (κ2) is 5.90. The molecule has 0 radical (unpaired) electrons. The molecule has 0 amide bonds. The fourth-order valence-electron chi connectivity index (χ4n) is 2.25. The maximum absolute atomic E-state index is 12.6. The van der Waals surface area contributed by atoms with Crippen LogP contribution in [-0.4, -0.2) is 25.8 Å². The zero-order valence-electron chi connectivity index (χ0n) is 10.4. The molecule has 1 saturated heterocycles. The van der Waals surface area contributed by atoms with E-state index < -0.39 is 10.0 Å². The Bertz CT molecular complexity index is 568. The van der Waals surface area contributed by atoms with Crippen molar-refractivity contribution in [2.24, 2.45) is 5.92 Å². The average Bonchev–Trinajstić information content (AvgIpc) is 2.75. The first kappa shape index (κ1) is 15.6. The van der Waals surface area contributed by atoms with Gasteiger partial charge in [-0.15, -0.1) is 0 Å². The fraction of sp³-hybridized carbons (Fsp3) is 0.500. The molecule has 1 heterocycles. The summed E-state index contributed by atoms with van der Waals surface area (Å²) in [5.74, 6) is 0.419. The summed E-state index contributed by atoms with van der Waals surface area (Å²) in [6.07, 6.45) is 1.87. The van der Waals surface area contributed by atoms with Crippen molar-refractivity contribution in [1.82, 2.24) is 4.31 Å². The van der Waals surface area contributed by atoms with Gasteiger partial charge in [-0.3, -0.25) is 0 Å². The summed E-state index contributed by atoms with van der Waals surface area (Å²) in [5.41, 5.74) is 0. The molecule has 106 valence electrons. The summed E-state index contributed by atoms with van der Waals surface area (Å²) >= 11 is 15.3. The topological polar surface area (TPSA) is 37.4 Å². The van der Waals surface area contributed by atoms with Gasteiger partial charge < -0.3 is 0 Å². The lowest BCUT2D eigenvalue weighted by Gasteiger charge is -2.18. The molecule has 0 aliphatic carbocycles. The molecule has 1 atom stereocenters. The minimum absolute atomic E-state index is 0.00999. The zero-order chi connectivity index (χ0) is 14.2. The van der Waals surface area contributed by atoms with Gasteiger partial charge in [-0.25, -0.2) is 8.42 Å². The van der Waals surface area contributed by atoms with Crippen LogP contribution in [0.5, 0.6) is 0 Å². The third-order valence-electron chi connectivity index (χ3n) is 3.39. The average molecular weight is 387 g/mol. The predicted molar refractivity (Wildman–Crippen MR) is 81.3 cm³/mol. The van der Waals surface area contributed by atoms with Crippen LogP contribution in [0.1, 0.15) is 19.8 Å². The van der Waals surface area contributed by atoms with Gasteiger partial charge in [0.25, 0.3) is 0 Å². The lowest BCUT2D eigenvalue weighted by atomic mass is 10.1. The van der Waals surface area contributed by atoms with Crippen LogP contribution in [0.25, 0.3) is 0 Å². The smallest absolute Gasteiger partial charge is 0.207 e. The molecule has 0 N–H and O–H groups in total. The van der Waals surface area contributed by atoms with Crippen LogP contribution < -0.4 is 0 Å². The summed E-state index contributed by atoms with van der Waals surface area (Å²) in [5, 5.41) is 0.304. The van der Waals surface area contributed by atoms with Crippen molar-refractivity contribution in [2.45, 2.75) is 24.7 Å². The molecule has 2 rings (SSSR count). The first-order valence-corrected chi connectivity index (χ1v) is 8.99. The molecule has 1 fully saturated rings. The maximum atomic E-state index is 12.6. The maximum Gasteiger partial charge on any atom is 0.246 e. The SMILES string of the molecule is CCC1CCN(S(=O)(=O)c2c(Cl)cc(Br)cc2Cl)C1. The van der Waals surface area contributed by atoms with Crippen molar-refractivity contribution in [2.75, 3.05) is 13.1 Å². The number of sulfonamides is 1. The number of halogens is 3. The summed E-state index contributed by atoms with van der Waals surface area (Å²) in [4.78, 5) is 0.00999. The van der Waals surface area contributed by atoms with Gasteiger partial charge >= 0.3 is 0 Å². The van der Waals surface area contributed by atoms with Crippen molar-refractivity contribution < 1.29 is 8.42 Å². The number of nitrogens with zero attached hydrogens (tertiary/aromatic N) is 1. The van der Waals surface area contributed by atoms with Crippen LogP contribution in [0, 0.1) is 5.92 Å². The minimum Gasteiger partial charge on any atom is -0.207 e. The number of hydrogen-bond donors (Lipinski definition) is 0. The predicted octanol–water partition coefficient (Wildman–Crippen LogP) is 4.18. The lowest BCUT2D eigenvalue weighted by Crippen LogP contribution is -2.29. The van der Waals surface area contributed by atoms with E-state index in [0.29, 0.717) is 23.5 Å². The number of rotatable bonds is 3. The van der Waals surface area contributed by atoms with Crippen molar-refractivity contribution in [3.05, 3.63) is 26.7 Å². The number of hydrogen-bond acceptors (Lipinski definition) is 2. The molecule has 0 aromatic heterocycles. The van der Waals surface area contributed by atoms with E-state index in [1.807, 2.05) is 0 Å². The van der Waals surface area contributed by atoms with E-state index in [0.717, 1.165) is 12.8 Å². The standard InChI is InChI=1S/C12H14BrCl2NO2S/c1-2-8-3-4-16(7-8)19(17,18)12-10(14)5-9(13)6-11(12)15/h5-6,8H,2-4,7H2,1H3. The van der Waals surface area contributed by atoms with E-state index in [1.165, 1.54) is 4.31 Å². The highest BCUT2D eigenvalue weighted by molar-refractivity contribution is 9.10. The fourth-order valence-corrected chi connectivity index (χ4v) is 5.67. The molecule has 0 bridgehead atoms. The highest BCUT2D eigenvalue weighted by Crippen LogP contribution is 2.36. The summed E-state index contributed by atoms with van der Waals surface area (Å²) in [6, 6.07) is 3.10. The van der Waals surface area contributed by atoms with Gasteiger partial charge in [0.15, 0.2) is 0 Å². The number of benzene rings is 1. The second-order valence-electron chi connectivity index (χ2n) is 4.62. The molecule has 1 aliphatic rings. The molecule has 19 heavy (non-hydrogen) atoms. The van der Waals surface area contributed by atoms with Crippen LogP contribution in [0.15, 0.2) is 21.5 Å². The molecular weight excluding hydrogens is 373 g/mol. The van der Waals surface area contributed by atoms with Crippen LogP contribution in [0.2, 0.25) is 10.0 Å². The summed E-state index contributed by atoms with van der Waals surface area (Å²) < 4.78 is 27.3. The van der Waals surface area contributed by atoms with Crippen molar-refractivity contribution in [3.63, 3.8) is 0 Å². The molecule has 0 spiro atoms. The van der Waals surface area contributed by atoms with E-state index in [1.54, 1.807) is 12.1 Å². The molecule has 1 aliphatic heterocycles. The molecule has 0 saturated carbocycles. The highest BCUT2D eigenvalue weighted by atomic mass is 79.9. The van der Waals surface area contributed by atoms with E-state index in [2.05, 4.69) is 22.9 Å². The van der Waals surface area contributed by atoms with Gasteiger partial charge in [0.05, 0.1) is 10.0 Å². The summed E-state index contributed by atoms with van der Waals surface area (Å²) in [7, 11) is -3.61. The molecule has 1 aromatic carbocycles. The largest absolute Gasteiger partial charge is 0.246 e. The van der Waals surface area contributed by atoms with Crippen LogP contribution in [0.4, 0.5) is 0 Å². The molecule has 1 aromatic rings. The first-order valence-electron chi connectivity index (χ1n) is 6.01. The Labute approximate surface area is 132 Å². The molecular formula is C12H14BrCl2NO2S. The van der Waals surface area contributed by atoms with E-state index in [-0.39, 0.29) is 14.9 Å². The third kappa shape index (κ3) is 3.10. The Balaban J connectivity index is 2.41. The first-order chi connectivity index (χ1) is 8.86. The van der Waals surface area contributed by atoms with Gasteiger partial charge in [-0.2, -0.15) is 4.31 Å². The molecule has 1 unspecified atom stereocenters. The summed E-state index contributed by atoms with van der Waals surface area (Å²) in [6.45, 7) is 3.14. The molecule has 3 nitrogen and oxygen atoms in total. The Morgan fingerprint density at radius 2 is 1.95 bits per heavy atom. The van der Waals surface area contributed by atoms with E-state index in [4.69, 9.17) is 23.2 Å². The van der Waals surface area contributed by atoms with Crippen molar-refractivity contribution in [3.8, 4) is 0 Å². The Kier molecular flexibility index (Phi) is 4.83. The van der Waals surface area contributed by atoms with Crippen LogP contribution in [0.3, 0.4) is 0 Å². The lowest BCUT2D eigenvalue weighted by molar-refractivity contribution is 0.453. The van der Waals surface area contributed by atoms with Crippen LogP contribution in [-0.2, 0) is 10.0 Å². The van der Waals surface area contributed by atoms with Gasteiger partial charge in [0.2, 0.25) is 10.0 Å². The Morgan fingerprint density at radius 1 is 1.37 bits per heavy atom. The third-order valence-corrected chi connectivity index (χ3v) is 6.63. The van der Waals surface area contributed by atoms with Crippen molar-refractivity contribution in [1.29, 1.82) is 0 Å². The van der Waals surface area contributed by atoms with Gasteiger partial charge in [-0.05, 0) is 24.5 Å². The zero-order valence-corrected chi connectivity index (χ0v) is 14.3.